The second kappa shape index (κ2) is 6.28. The zero-order valence-electron chi connectivity index (χ0n) is 12.5. The maximum atomic E-state index is 12.7. The van der Waals surface area contributed by atoms with Gasteiger partial charge in [0.15, 0.2) is 0 Å². The van der Waals surface area contributed by atoms with Crippen LogP contribution in [0.4, 0.5) is 0 Å². The molecule has 0 unspecified atom stereocenters. The molecule has 1 aromatic rings. The molecule has 114 valence electrons. The second-order valence-corrected chi connectivity index (χ2v) is 7.81. The zero-order chi connectivity index (χ0) is 14.8. The Bertz CT molecular complexity index is 532. The smallest absolute Gasteiger partial charge is 0.244 e. The van der Waals surface area contributed by atoms with Crippen molar-refractivity contribution in [3.05, 3.63) is 18.0 Å². The van der Waals surface area contributed by atoms with E-state index in [-0.39, 0.29) is 6.04 Å². The third-order valence-electron chi connectivity index (χ3n) is 3.57. The number of aromatic amines is 1. The van der Waals surface area contributed by atoms with E-state index < -0.39 is 10.0 Å². The summed E-state index contributed by atoms with van der Waals surface area (Å²) in [5.41, 5.74) is 0.894. The molecule has 20 heavy (non-hydrogen) atoms. The molecule has 0 aromatic carbocycles. The third-order valence-corrected chi connectivity index (χ3v) is 5.50. The molecule has 1 aliphatic rings. The lowest BCUT2D eigenvalue weighted by Crippen LogP contribution is -2.34. The first-order chi connectivity index (χ1) is 9.45. The largest absolute Gasteiger partial charge is 0.363 e. The van der Waals surface area contributed by atoms with Crippen LogP contribution in [0.25, 0.3) is 0 Å². The fraction of sp³-hybridized carbons (Fsp3) is 0.714. The minimum absolute atomic E-state index is 0.210. The van der Waals surface area contributed by atoms with Crippen molar-refractivity contribution in [1.29, 1.82) is 0 Å². The van der Waals surface area contributed by atoms with Crippen molar-refractivity contribution in [3.63, 3.8) is 0 Å². The van der Waals surface area contributed by atoms with Crippen molar-refractivity contribution in [2.45, 2.75) is 50.6 Å². The van der Waals surface area contributed by atoms with Crippen LogP contribution in [-0.4, -0.2) is 37.3 Å². The Hall–Kier alpha value is -0.850. The summed E-state index contributed by atoms with van der Waals surface area (Å²) in [7, 11) is -1.52. The molecular weight excluding hydrogens is 274 g/mol. The Morgan fingerprint density at radius 3 is 2.70 bits per heavy atom. The minimum Gasteiger partial charge on any atom is -0.363 e. The fourth-order valence-electron chi connectivity index (χ4n) is 2.24. The van der Waals surface area contributed by atoms with Gasteiger partial charge in [0.2, 0.25) is 10.0 Å². The first-order valence-electron chi connectivity index (χ1n) is 7.29. The normalized spacial score (nSPS) is 16.2. The molecule has 0 radical (unpaired) electrons. The molecule has 0 aliphatic heterocycles. The highest BCUT2D eigenvalue weighted by Gasteiger charge is 2.38. The second-order valence-electron chi connectivity index (χ2n) is 5.92. The average molecular weight is 299 g/mol. The van der Waals surface area contributed by atoms with Gasteiger partial charge in [0.1, 0.15) is 0 Å². The van der Waals surface area contributed by atoms with E-state index in [1.165, 1.54) is 0 Å². The number of H-pyrrole nitrogens is 1. The van der Waals surface area contributed by atoms with Gasteiger partial charge in [0.05, 0.1) is 4.90 Å². The molecule has 0 amide bonds. The fourth-order valence-corrected chi connectivity index (χ4v) is 3.96. The Balaban J connectivity index is 2.16. The SMILES string of the molecule is CNCc1cc(S(=O)(=O)N(CCC(C)C)C2CC2)c[nH]1. The number of nitrogens with one attached hydrogen (secondary N) is 2. The number of aromatic nitrogens is 1. The lowest BCUT2D eigenvalue weighted by Gasteiger charge is -2.22. The number of hydrogen-bond acceptors (Lipinski definition) is 3. The van der Waals surface area contributed by atoms with E-state index >= 15 is 0 Å². The van der Waals surface area contributed by atoms with Crippen LogP contribution in [0.3, 0.4) is 0 Å². The zero-order valence-corrected chi connectivity index (χ0v) is 13.3. The monoisotopic (exact) mass is 299 g/mol. The van der Waals surface area contributed by atoms with Gasteiger partial charge in [0.25, 0.3) is 0 Å². The van der Waals surface area contributed by atoms with Gasteiger partial charge in [-0.1, -0.05) is 13.8 Å². The Kier molecular flexibility index (Phi) is 4.88. The summed E-state index contributed by atoms with van der Waals surface area (Å²) in [5, 5.41) is 3.01. The molecule has 0 spiro atoms. The van der Waals surface area contributed by atoms with E-state index in [9.17, 15) is 8.42 Å². The number of sulfonamides is 1. The summed E-state index contributed by atoms with van der Waals surface area (Å²) < 4.78 is 27.2. The van der Waals surface area contributed by atoms with Gasteiger partial charge in [-0.25, -0.2) is 8.42 Å². The van der Waals surface area contributed by atoms with Crippen LogP contribution in [0.2, 0.25) is 0 Å². The van der Waals surface area contributed by atoms with E-state index in [0.717, 1.165) is 25.0 Å². The van der Waals surface area contributed by atoms with Crippen LogP contribution >= 0.6 is 0 Å². The van der Waals surface area contributed by atoms with Gasteiger partial charge >= 0.3 is 0 Å². The molecule has 6 heteroatoms. The maximum absolute atomic E-state index is 12.7. The Morgan fingerprint density at radius 1 is 1.45 bits per heavy atom. The molecule has 2 rings (SSSR count). The number of rotatable bonds is 8. The van der Waals surface area contributed by atoms with Crippen LogP contribution in [0.15, 0.2) is 17.2 Å². The molecule has 1 fully saturated rings. The van der Waals surface area contributed by atoms with Gasteiger partial charge in [-0.3, -0.25) is 0 Å². The van der Waals surface area contributed by atoms with Gasteiger partial charge in [-0.05, 0) is 38.3 Å². The van der Waals surface area contributed by atoms with Crippen molar-refractivity contribution in [1.82, 2.24) is 14.6 Å². The van der Waals surface area contributed by atoms with E-state index in [4.69, 9.17) is 0 Å². The topological polar surface area (TPSA) is 65.2 Å². The number of hydrogen-bond donors (Lipinski definition) is 2. The highest BCUT2D eigenvalue weighted by Crippen LogP contribution is 2.32. The van der Waals surface area contributed by atoms with E-state index in [1.807, 2.05) is 7.05 Å². The Labute approximate surface area is 121 Å². The Morgan fingerprint density at radius 2 is 2.15 bits per heavy atom. The molecule has 0 saturated heterocycles. The number of nitrogens with zero attached hydrogens (tertiary/aromatic N) is 1. The van der Waals surface area contributed by atoms with Gasteiger partial charge in [-0.2, -0.15) is 4.31 Å². The lowest BCUT2D eigenvalue weighted by molar-refractivity contribution is 0.373. The summed E-state index contributed by atoms with van der Waals surface area (Å²) in [4.78, 5) is 3.41. The summed E-state index contributed by atoms with van der Waals surface area (Å²) >= 11 is 0. The molecule has 5 nitrogen and oxygen atoms in total. The molecule has 1 aromatic heterocycles. The van der Waals surface area contributed by atoms with Crippen molar-refractivity contribution in [3.8, 4) is 0 Å². The predicted molar refractivity (Wildman–Crippen MR) is 79.9 cm³/mol. The van der Waals surface area contributed by atoms with Crippen LogP contribution in [0.1, 0.15) is 38.8 Å². The summed E-state index contributed by atoms with van der Waals surface area (Å²) in [6.07, 6.45) is 4.49. The summed E-state index contributed by atoms with van der Waals surface area (Å²) in [6.45, 7) is 5.51. The van der Waals surface area contributed by atoms with Crippen molar-refractivity contribution in [2.75, 3.05) is 13.6 Å². The standard InChI is InChI=1S/C14H25N3O2S/c1-11(2)6-7-17(13-4-5-13)20(18,19)14-8-12(9-15-3)16-10-14/h8,10-11,13,15-16H,4-7,9H2,1-3H3. The predicted octanol–water partition coefficient (Wildman–Crippen LogP) is 1.93. The molecule has 0 atom stereocenters. The molecule has 0 bridgehead atoms. The molecule has 1 saturated carbocycles. The van der Waals surface area contributed by atoms with Gasteiger partial charge < -0.3 is 10.3 Å². The highest BCUT2D eigenvalue weighted by molar-refractivity contribution is 7.89. The van der Waals surface area contributed by atoms with E-state index in [2.05, 4.69) is 24.1 Å². The lowest BCUT2D eigenvalue weighted by atomic mass is 10.1. The van der Waals surface area contributed by atoms with Crippen LogP contribution in [0, 0.1) is 5.92 Å². The van der Waals surface area contributed by atoms with Crippen molar-refractivity contribution in [2.24, 2.45) is 5.92 Å². The first kappa shape index (κ1) is 15.5. The van der Waals surface area contributed by atoms with E-state index in [0.29, 0.717) is 23.9 Å². The highest BCUT2D eigenvalue weighted by atomic mass is 32.2. The molecule has 1 heterocycles. The van der Waals surface area contributed by atoms with Crippen molar-refractivity contribution < 1.29 is 8.42 Å². The first-order valence-corrected chi connectivity index (χ1v) is 8.73. The van der Waals surface area contributed by atoms with E-state index in [1.54, 1.807) is 16.6 Å². The average Bonchev–Trinajstić information content (AvgIpc) is 3.07. The summed E-state index contributed by atoms with van der Waals surface area (Å²) in [5.74, 6) is 0.512. The third kappa shape index (κ3) is 3.62. The minimum atomic E-state index is -3.36. The quantitative estimate of drug-likeness (QED) is 0.771. The van der Waals surface area contributed by atoms with Crippen LogP contribution in [0.5, 0.6) is 0 Å². The summed E-state index contributed by atoms with van der Waals surface area (Å²) in [6, 6.07) is 1.94. The van der Waals surface area contributed by atoms with Crippen LogP contribution in [-0.2, 0) is 16.6 Å². The molecular formula is C14H25N3O2S. The van der Waals surface area contributed by atoms with Crippen LogP contribution < -0.4 is 5.32 Å². The van der Waals surface area contributed by atoms with Crippen molar-refractivity contribution >= 4 is 10.0 Å². The van der Waals surface area contributed by atoms with Gasteiger partial charge in [0, 0.05) is 31.0 Å². The molecule has 1 aliphatic carbocycles. The maximum Gasteiger partial charge on any atom is 0.244 e. The van der Waals surface area contributed by atoms with Gasteiger partial charge in [-0.15, -0.1) is 0 Å². The molecule has 2 N–H and O–H groups in total.